The molecule has 0 aliphatic rings. The molecular weight excluding hydrogens is 496 g/mol. The zero-order valence-corrected chi connectivity index (χ0v) is 20.7. The summed E-state index contributed by atoms with van der Waals surface area (Å²) in [6, 6.07) is 3.55. The Morgan fingerprint density at radius 1 is 1.17 bits per heavy atom. The number of pyridine rings is 1. The smallest absolute Gasteiger partial charge is 0.232 e. The molecule has 0 aliphatic carbocycles. The molecule has 0 radical (unpaired) electrons. The van der Waals surface area contributed by atoms with Crippen LogP contribution in [0.25, 0.3) is 22.2 Å². The van der Waals surface area contributed by atoms with Crippen molar-refractivity contribution in [3.63, 3.8) is 0 Å². The molecule has 182 valence electrons. The molecule has 0 bridgehead atoms. The predicted molar refractivity (Wildman–Crippen MR) is 131 cm³/mol. The fourth-order valence-corrected chi connectivity index (χ4v) is 5.13. The summed E-state index contributed by atoms with van der Waals surface area (Å²) in [6.07, 6.45) is 6.78. The highest BCUT2D eigenvalue weighted by Gasteiger charge is 2.25. The summed E-state index contributed by atoms with van der Waals surface area (Å²) >= 11 is 1.41. The predicted octanol–water partition coefficient (Wildman–Crippen LogP) is 4.71. The molecule has 4 rings (SSSR count). The minimum atomic E-state index is -3.98. The maximum absolute atomic E-state index is 15.2. The number of sulfonamides is 1. The van der Waals surface area contributed by atoms with Gasteiger partial charge in [0.05, 0.1) is 11.3 Å². The highest BCUT2D eigenvalue weighted by Crippen LogP contribution is 2.30. The van der Waals surface area contributed by atoms with E-state index in [-0.39, 0.29) is 17.7 Å². The van der Waals surface area contributed by atoms with Gasteiger partial charge in [-0.05, 0) is 37.8 Å². The van der Waals surface area contributed by atoms with Gasteiger partial charge < -0.3 is 4.98 Å². The Morgan fingerprint density at radius 2 is 1.94 bits per heavy atom. The Labute approximate surface area is 204 Å². The summed E-state index contributed by atoms with van der Waals surface area (Å²) < 4.78 is 55.5. The molecule has 0 saturated heterocycles. The van der Waals surface area contributed by atoms with E-state index in [2.05, 4.69) is 19.9 Å². The number of aryl methyl sites for hydroxylation is 1. The van der Waals surface area contributed by atoms with Crippen LogP contribution < -0.4 is 4.72 Å². The second-order valence-corrected chi connectivity index (χ2v) is 10.3. The second-order valence-electron chi connectivity index (χ2n) is 7.71. The van der Waals surface area contributed by atoms with E-state index in [4.69, 9.17) is 0 Å². The summed E-state index contributed by atoms with van der Waals surface area (Å²) in [4.78, 5) is 29.2. The topological polar surface area (TPSA) is 118 Å². The molecule has 2 N–H and O–H groups in total. The minimum absolute atomic E-state index is 0.0986. The number of rotatable bonds is 8. The first-order valence-electron chi connectivity index (χ1n) is 10.5. The number of thioether (sulfide) groups is 1. The number of anilines is 1. The summed E-state index contributed by atoms with van der Waals surface area (Å²) in [5.41, 5.74) is 1.23. The number of benzene rings is 1. The molecule has 4 aromatic rings. The molecule has 0 unspecified atom stereocenters. The van der Waals surface area contributed by atoms with Gasteiger partial charge in [0, 0.05) is 46.4 Å². The first-order valence-corrected chi connectivity index (χ1v) is 13.4. The van der Waals surface area contributed by atoms with E-state index in [1.807, 2.05) is 17.9 Å². The molecule has 0 spiro atoms. The standard InChI is InChI=1S/C23H21F2N5O3S2/c1-4-7-35(32,33)30-20-18(24)6-5-14(19(20)25)21(31)17-11-27-22-15(17)8-13(9-26-22)16-10-28-23(34-3)29-12(16)2/h5-6,8-11,30H,4,7H2,1-3H3,(H,26,27). The quantitative estimate of drug-likeness (QED) is 0.197. The normalized spacial score (nSPS) is 11.7. The molecule has 3 aromatic heterocycles. The number of carbonyl (C=O) groups is 1. The molecule has 0 amide bonds. The first-order chi connectivity index (χ1) is 16.6. The maximum atomic E-state index is 15.2. The van der Waals surface area contributed by atoms with Crippen molar-refractivity contribution in [1.82, 2.24) is 19.9 Å². The highest BCUT2D eigenvalue weighted by atomic mass is 32.2. The lowest BCUT2D eigenvalue weighted by atomic mass is 10.00. The van der Waals surface area contributed by atoms with Crippen molar-refractivity contribution in [3.05, 3.63) is 65.2 Å². The average molecular weight is 518 g/mol. The summed E-state index contributed by atoms with van der Waals surface area (Å²) in [7, 11) is -3.98. The van der Waals surface area contributed by atoms with Gasteiger partial charge in [-0.1, -0.05) is 18.7 Å². The van der Waals surface area contributed by atoms with Gasteiger partial charge in [-0.15, -0.1) is 0 Å². The summed E-state index contributed by atoms with van der Waals surface area (Å²) in [6.45, 7) is 3.45. The van der Waals surface area contributed by atoms with E-state index in [1.54, 1.807) is 25.4 Å². The van der Waals surface area contributed by atoms with Crippen molar-refractivity contribution < 1.29 is 22.0 Å². The number of H-pyrrole nitrogens is 1. The van der Waals surface area contributed by atoms with Crippen LogP contribution in [-0.4, -0.2) is 46.1 Å². The van der Waals surface area contributed by atoms with Crippen molar-refractivity contribution in [2.45, 2.75) is 25.4 Å². The van der Waals surface area contributed by atoms with Gasteiger partial charge in [0.15, 0.2) is 16.8 Å². The van der Waals surface area contributed by atoms with E-state index in [0.29, 0.717) is 21.8 Å². The summed E-state index contributed by atoms with van der Waals surface area (Å²) in [5.74, 6) is -3.48. The number of aromatic nitrogens is 4. The number of aromatic amines is 1. The lowest BCUT2D eigenvalue weighted by Gasteiger charge is -2.12. The van der Waals surface area contributed by atoms with Gasteiger partial charge in [0.1, 0.15) is 17.2 Å². The lowest BCUT2D eigenvalue weighted by Crippen LogP contribution is -2.19. The minimum Gasteiger partial charge on any atom is -0.345 e. The van der Waals surface area contributed by atoms with Gasteiger partial charge in [-0.3, -0.25) is 9.52 Å². The fraction of sp³-hybridized carbons (Fsp3) is 0.217. The second kappa shape index (κ2) is 9.70. The molecule has 0 atom stereocenters. The van der Waals surface area contributed by atoms with Crippen LogP contribution in [0.5, 0.6) is 0 Å². The highest BCUT2D eigenvalue weighted by molar-refractivity contribution is 7.98. The zero-order valence-electron chi connectivity index (χ0n) is 19.0. The number of halogens is 2. The number of nitrogens with one attached hydrogen (secondary N) is 2. The van der Waals surface area contributed by atoms with Crippen LogP contribution in [0.2, 0.25) is 0 Å². The van der Waals surface area contributed by atoms with E-state index in [1.165, 1.54) is 18.0 Å². The number of hydrogen-bond donors (Lipinski definition) is 2. The van der Waals surface area contributed by atoms with Crippen molar-refractivity contribution in [1.29, 1.82) is 0 Å². The Balaban J connectivity index is 1.77. The fourth-order valence-electron chi connectivity index (χ4n) is 3.61. The average Bonchev–Trinajstić information content (AvgIpc) is 3.24. The van der Waals surface area contributed by atoms with Crippen LogP contribution >= 0.6 is 11.8 Å². The van der Waals surface area contributed by atoms with Crippen LogP contribution in [0.4, 0.5) is 14.5 Å². The summed E-state index contributed by atoms with van der Waals surface area (Å²) in [5, 5.41) is 1.03. The monoisotopic (exact) mass is 517 g/mol. The third kappa shape index (κ3) is 4.89. The van der Waals surface area contributed by atoms with Crippen LogP contribution in [0.15, 0.2) is 41.9 Å². The third-order valence-electron chi connectivity index (χ3n) is 5.29. The largest absolute Gasteiger partial charge is 0.345 e. The zero-order chi connectivity index (χ0) is 25.3. The molecule has 8 nitrogen and oxygen atoms in total. The van der Waals surface area contributed by atoms with Gasteiger partial charge >= 0.3 is 0 Å². The molecular formula is C23H21F2N5O3S2. The van der Waals surface area contributed by atoms with E-state index in [9.17, 15) is 17.6 Å². The number of hydrogen-bond acceptors (Lipinski definition) is 7. The molecule has 1 aromatic carbocycles. The molecule has 0 saturated carbocycles. The molecule has 0 fully saturated rings. The Morgan fingerprint density at radius 3 is 2.63 bits per heavy atom. The molecule has 12 heteroatoms. The van der Waals surface area contributed by atoms with Crippen molar-refractivity contribution >= 4 is 44.3 Å². The number of fused-ring (bicyclic) bond motifs is 1. The van der Waals surface area contributed by atoms with Crippen LogP contribution in [0.3, 0.4) is 0 Å². The van der Waals surface area contributed by atoms with Crippen molar-refractivity contribution in [2.75, 3.05) is 16.7 Å². The Hall–Kier alpha value is -3.38. The van der Waals surface area contributed by atoms with Gasteiger partial charge in [0.25, 0.3) is 0 Å². The number of nitrogens with zero attached hydrogens (tertiary/aromatic N) is 3. The maximum Gasteiger partial charge on any atom is 0.232 e. The number of ketones is 1. The van der Waals surface area contributed by atoms with E-state index < -0.39 is 38.7 Å². The first kappa shape index (κ1) is 24.7. The van der Waals surface area contributed by atoms with Crippen molar-refractivity contribution in [2.24, 2.45) is 0 Å². The molecule has 0 aliphatic heterocycles. The molecule has 3 heterocycles. The van der Waals surface area contributed by atoms with Gasteiger partial charge in [-0.2, -0.15) is 0 Å². The van der Waals surface area contributed by atoms with Crippen LogP contribution in [0, 0.1) is 18.6 Å². The third-order valence-corrected chi connectivity index (χ3v) is 7.32. The van der Waals surface area contributed by atoms with Crippen LogP contribution in [0.1, 0.15) is 35.0 Å². The van der Waals surface area contributed by atoms with Gasteiger partial charge in [-0.25, -0.2) is 32.2 Å². The lowest BCUT2D eigenvalue weighted by molar-refractivity contribution is 0.103. The van der Waals surface area contributed by atoms with Gasteiger partial charge in [0.2, 0.25) is 10.0 Å². The van der Waals surface area contributed by atoms with E-state index in [0.717, 1.165) is 23.4 Å². The number of carbonyl (C=O) groups excluding carboxylic acids is 1. The Bertz CT molecular complexity index is 1550. The van der Waals surface area contributed by atoms with Crippen molar-refractivity contribution in [3.8, 4) is 11.1 Å². The Kier molecular flexibility index (Phi) is 6.86. The van der Waals surface area contributed by atoms with Crippen LogP contribution in [-0.2, 0) is 10.0 Å². The van der Waals surface area contributed by atoms with E-state index >= 15 is 4.39 Å². The SMILES string of the molecule is CCCS(=O)(=O)Nc1c(F)ccc(C(=O)c2c[nH]c3ncc(-c4cnc(SC)nc4C)cc23)c1F. The molecule has 35 heavy (non-hydrogen) atoms.